The van der Waals surface area contributed by atoms with Crippen LogP contribution in [0.1, 0.15) is 48.8 Å². The van der Waals surface area contributed by atoms with Crippen LogP contribution in [0.25, 0.3) is 5.69 Å². The molecule has 3 rings (SSSR count). The minimum atomic E-state index is -0.177. The van der Waals surface area contributed by atoms with Crippen LogP contribution in [-0.4, -0.2) is 27.8 Å². The predicted molar refractivity (Wildman–Crippen MR) is 83.0 cm³/mol. The van der Waals surface area contributed by atoms with Crippen LogP contribution in [0.5, 0.6) is 0 Å². The monoisotopic (exact) mass is 299 g/mol. The second-order valence-electron chi connectivity index (χ2n) is 5.84. The summed E-state index contributed by atoms with van der Waals surface area (Å²) in [7, 11) is 1.42. The number of carbonyl (C=O) groups excluding carboxylic acids is 1. The maximum Gasteiger partial charge on any atom is 0.305 e. The lowest BCUT2D eigenvalue weighted by Gasteiger charge is -2.06. The Morgan fingerprint density at radius 2 is 2.05 bits per heavy atom. The van der Waals surface area contributed by atoms with E-state index in [9.17, 15) is 4.79 Å². The number of ether oxygens (including phenoxy) is 1. The van der Waals surface area contributed by atoms with E-state index in [1.54, 1.807) is 0 Å². The van der Waals surface area contributed by atoms with Crippen molar-refractivity contribution in [1.29, 1.82) is 0 Å². The normalized spacial score (nSPS) is 14.1. The van der Waals surface area contributed by atoms with E-state index in [0.29, 0.717) is 12.3 Å². The van der Waals surface area contributed by atoms with E-state index in [2.05, 4.69) is 41.0 Å². The van der Waals surface area contributed by atoms with Crippen LogP contribution in [-0.2, 0) is 16.0 Å². The maximum atomic E-state index is 11.3. The van der Waals surface area contributed by atoms with Gasteiger partial charge in [-0.15, -0.1) is 0 Å². The Hall–Kier alpha value is -2.17. The number of benzene rings is 1. The molecule has 0 unspecified atom stereocenters. The van der Waals surface area contributed by atoms with Crippen LogP contribution in [0, 0.1) is 6.92 Å². The van der Waals surface area contributed by atoms with Gasteiger partial charge in [-0.3, -0.25) is 4.79 Å². The molecule has 0 bridgehead atoms. The molecule has 1 aliphatic rings. The number of aryl methyl sites for hydroxylation is 2. The second kappa shape index (κ2) is 6.30. The molecule has 1 heterocycles. The zero-order valence-electron chi connectivity index (χ0n) is 13.1. The Labute approximate surface area is 130 Å². The van der Waals surface area contributed by atoms with Crippen molar-refractivity contribution in [2.45, 2.75) is 44.9 Å². The molecule has 1 saturated carbocycles. The lowest BCUT2D eigenvalue weighted by atomic mass is 10.2. The van der Waals surface area contributed by atoms with E-state index in [4.69, 9.17) is 4.98 Å². The smallest absolute Gasteiger partial charge is 0.305 e. The first kappa shape index (κ1) is 14.8. The van der Waals surface area contributed by atoms with Crippen molar-refractivity contribution in [1.82, 2.24) is 14.8 Å². The fraction of sp³-hybridized carbons (Fsp3) is 0.471. The second-order valence-corrected chi connectivity index (χ2v) is 5.84. The molecule has 1 aliphatic carbocycles. The molecule has 1 aromatic carbocycles. The maximum absolute atomic E-state index is 11.3. The molecule has 5 nitrogen and oxygen atoms in total. The Kier molecular flexibility index (Phi) is 4.22. The summed E-state index contributed by atoms with van der Waals surface area (Å²) in [6.07, 6.45) is 4.22. The SMILES string of the molecule is COC(=O)CCCc1nc(C2CC2)nn1-c1ccc(C)cc1. The molecule has 0 atom stereocenters. The fourth-order valence-corrected chi connectivity index (χ4v) is 2.42. The number of carbonyl (C=O) groups is 1. The summed E-state index contributed by atoms with van der Waals surface area (Å²) in [5.41, 5.74) is 2.25. The molecule has 0 aliphatic heterocycles. The molecule has 5 heteroatoms. The van der Waals surface area contributed by atoms with Crippen LogP contribution in [0.3, 0.4) is 0 Å². The van der Waals surface area contributed by atoms with Gasteiger partial charge in [0.05, 0.1) is 12.8 Å². The Bertz CT molecular complexity index is 657. The first-order valence-electron chi connectivity index (χ1n) is 7.77. The Morgan fingerprint density at radius 1 is 1.32 bits per heavy atom. The van der Waals surface area contributed by atoms with Gasteiger partial charge in [-0.2, -0.15) is 5.10 Å². The van der Waals surface area contributed by atoms with Gasteiger partial charge in [-0.05, 0) is 38.3 Å². The van der Waals surface area contributed by atoms with E-state index in [-0.39, 0.29) is 5.97 Å². The summed E-state index contributed by atoms with van der Waals surface area (Å²) in [5.74, 6) is 2.21. The zero-order chi connectivity index (χ0) is 15.5. The highest BCUT2D eigenvalue weighted by Gasteiger charge is 2.29. The number of hydrogen-bond acceptors (Lipinski definition) is 4. The molecule has 116 valence electrons. The van der Waals surface area contributed by atoms with Crippen molar-refractivity contribution in [3.05, 3.63) is 41.5 Å². The van der Waals surface area contributed by atoms with Crippen molar-refractivity contribution in [3.63, 3.8) is 0 Å². The third kappa shape index (κ3) is 3.35. The van der Waals surface area contributed by atoms with Crippen LogP contribution in [0.2, 0.25) is 0 Å². The minimum absolute atomic E-state index is 0.177. The van der Waals surface area contributed by atoms with Crippen molar-refractivity contribution in [2.24, 2.45) is 0 Å². The predicted octanol–water partition coefficient (Wildman–Crippen LogP) is 2.95. The van der Waals surface area contributed by atoms with Gasteiger partial charge in [0.2, 0.25) is 0 Å². The third-order valence-corrected chi connectivity index (χ3v) is 3.92. The minimum Gasteiger partial charge on any atom is -0.469 e. The first-order valence-corrected chi connectivity index (χ1v) is 7.77. The van der Waals surface area contributed by atoms with Gasteiger partial charge >= 0.3 is 5.97 Å². The first-order chi connectivity index (χ1) is 10.7. The number of hydrogen-bond donors (Lipinski definition) is 0. The lowest BCUT2D eigenvalue weighted by Crippen LogP contribution is -2.05. The van der Waals surface area contributed by atoms with Gasteiger partial charge in [0.15, 0.2) is 5.82 Å². The molecule has 0 radical (unpaired) electrons. The molecule has 0 saturated heterocycles. The average molecular weight is 299 g/mol. The number of nitrogens with zero attached hydrogens (tertiary/aromatic N) is 3. The van der Waals surface area contributed by atoms with Crippen LogP contribution >= 0.6 is 0 Å². The van der Waals surface area contributed by atoms with Crippen LogP contribution in [0.15, 0.2) is 24.3 Å². The van der Waals surface area contributed by atoms with Gasteiger partial charge in [0.25, 0.3) is 0 Å². The van der Waals surface area contributed by atoms with Gasteiger partial charge in [-0.25, -0.2) is 9.67 Å². The van der Waals surface area contributed by atoms with Gasteiger partial charge in [0.1, 0.15) is 5.82 Å². The van der Waals surface area contributed by atoms with Crippen molar-refractivity contribution in [3.8, 4) is 5.69 Å². The Morgan fingerprint density at radius 3 is 2.68 bits per heavy atom. The largest absolute Gasteiger partial charge is 0.469 e. The summed E-state index contributed by atoms with van der Waals surface area (Å²) >= 11 is 0. The summed E-state index contributed by atoms with van der Waals surface area (Å²) in [4.78, 5) is 15.9. The summed E-state index contributed by atoms with van der Waals surface area (Å²) < 4.78 is 6.61. The highest BCUT2D eigenvalue weighted by atomic mass is 16.5. The molecule has 0 N–H and O–H groups in total. The number of aromatic nitrogens is 3. The topological polar surface area (TPSA) is 57.0 Å². The van der Waals surface area contributed by atoms with Crippen molar-refractivity contribution >= 4 is 5.97 Å². The van der Waals surface area contributed by atoms with E-state index < -0.39 is 0 Å². The van der Waals surface area contributed by atoms with Gasteiger partial charge in [0, 0.05) is 18.8 Å². The van der Waals surface area contributed by atoms with Gasteiger partial charge < -0.3 is 4.74 Å². The molecule has 1 aromatic heterocycles. The Balaban J connectivity index is 1.80. The molecule has 0 amide bonds. The van der Waals surface area contributed by atoms with E-state index in [1.165, 1.54) is 25.5 Å². The molecule has 0 spiro atoms. The van der Waals surface area contributed by atoms with Gasteiger partial charge in [-0.1, -0.05) is 17.7 Å². The highest BCUT2D eigenvalue weighted by molar-refractivity contribution is 5.69. The molecule has 2 aromatic rings. The average Bonchev–Trinajstić information content (AvgIpc) is 3.29. The van der Waals surface area contributed by atoms with E-state index >= 15 is 0 Å². The fourth-order valence-electron chi connectivity index (χ4n) is 2.42. The van der Waals surface area contributed by atoms with Crippen LogP contribution < -0.4 is 0 Å². The quantitative estimate of drug-likeness (QED) is 0.770. The van der Waals surface area contributed by atoms with E-state index in [0.717, 1.165) is 30.2 Å². The zero-order valence-corrected chi connectivity index (χ0v) is 13.1. The molecule has 1 fully saturated rings. The van der Waals surface area contributed by atoms with E-state index in [1.807, 2.05) is 4.68 Å². The molecular formula is C17H21N3O2. The highest BCUT2D eigenvalue weighted by Crippen LogP contribution is 2.38. The standard InChI is InChI=1S/C17H21N3O2/c1-12-6-10-14(11-7-12)20-15(4-3-5-16(21)22-2)18-17(19-20)13-8-9-13/h6-7,10-11,13H,3-5,8-9H2,1-2H3. The number of esters is 1. The van der Waals surface area contributed by atoms with Crippen molar-refractivity contribution in [2.75, 3.05) is 7.11 Å². The number of rotatable bonds is 6. The molecular weight excluding hydrogens is 278 g/mol. The lowest BCUT2D eigenvalue weighted by molar-refractivity contribution is -0.140. The summed E-state index contributed by atoms with van der Waals surface area (Å²) in [6.45, 7) is 2.07. The third-order valence-electron chi connectivity index (χ3n) is 3.92. The number of methoxy groups -OCH3 is 1. The molecule has 22 heavy (non-hydrogen) atoms. The van der Waals surface area contributed by atoms with Crippen molar-refractivity contribution < 1.29 is 9.53 Å². The van der Waals surface area contributed by atoms with Crippen LogP contribution in [0.4, 0.5) is 0 Å². The summed E-state index contributed by atoms with van der Waals surface area (Å²) in [5, 5.41) is 4.68. The summed E-state index contributed by atoms with van der Waals surface area (Å²) in [6, 6.07) is 8.27.